The molecular weight excluding hydrogens is 250 g/mol. The molecule has 0 aliphatic rings. The molecule has 0 unspecified atom stereocenters. The molecule has 0 fully saturated rings. The SMILES string of the molecule is Cc1cc(C#N)ccc1S(=O)(=O)NCC(F)F. The van der Waals surface area contributed by atoms with Crippen LogP contribution >= 0.6 is 0 Å². The normalized spacial score (nSPS) is 11.5. The molecule has 0 bridgehead atoms. The first-order chi connectivity index (χ1) is 7.86. The number of nitrogens with one attached hydrogen (secondary N) is 1. The van der Waals surface area contributed by atoms with E-state index < -0.39 is 23.0 Å². The highest BCUT2D eigenvalue weighted by Crippen LogP contribution is 2.16. The van der Waals surface area contributed by atoms with Crippen LogP contribution in [0.1, 0.15) is 11.1 Å². The van der Waals surface area contributed by atoms with Crippen molar-refractivity contribution >= 4 is 10.0 Å². The Kier molecular flexibility index (Phi) is 4.15. The second-order valence-corrected chi connectivity index (χ2v) is 5.07. The predicted octanol–water partition coefficient (Wildman–Crippen LogP) is 1.41. The van der Waals surface area contributed by atoms with Crippen LogP contribution in [0.5, 0.6) is 0 Å². The quantitative estimate of drug-likeness (QED) is 0.889. The molecule has 7 heteroatoms. The number of sulfonamides is 1. The molecule has 0 aliphatic heterocycles. The molecule has 4 nitrogen and oxygen atoms in total. The summed E-state index contributed by atoms with van der Waals surface area (Å²) in [6.45, 7) is 0.569. The number of hydrogen-bond donors (Lipinski definition) is 1. The van der Waals surface area contributed by atoms with Crippen molar-refractivity contribution in [1.29, 1.82) is 5.26 Å². The lowest BCUT2D eigenvalue weighted by molar-refractivity contribution is 0.153. The lowest BCUT2D eigenvalue weighted by atomic mass is 10.2. The average Bonchev–Trinajstić information content (AvgIpc) is 2.26. The van der Waals surface area contributed by atoms with E-state index in [9.17, 15) is 17.2 Å². The zero-order valence-electron chi connectivity index (χ0n) is 8.94. The van der Waals surface area contributed by atoms with Gasteiger partial charge in [0.2, 0.25) is 10.0 Å². The van der Waals surface area contributed by atoms with E-state index >= 15 is 0 Å². The number of alkyl halides is 2. The molecule has 0 heterocycles. The molecule has 0 amide bonds. The van der Waals surface area contributed by atoms with Gasteiger partial charge in [-0.15, -0.1) is 0 Å². The van der Waals surface area contributed by atoms with Gasteiger partial charge >= 0.3 is 0 Å². The lowest BCUT2D eigenvalue weighted by Gasteiger charge is -2.08. The number of nitriles is 1. The van der Waals surface area contributed by atoms with Gasteiger partial charge in [0.05, 0.1) is 23.1 Å². The summed E-state index contributed by atoms with van der Waals surface area (Å²) in [6.07, 6.45) is -2.75. The molecule has 92 valence electrons. The Labute approximate surface area is 97.9 Å². The minimum atomic E-state index is -3.95. The van der Waals surface area contributed by atoms with E-state index in [-0.39, 0.29) is 4.90 Å². The zero-order chi connectivity index (χ0) is 13.1. The second-order valence-electron chi connectivity index (χ2n) is 3.34. The highest BCUT2D eigenvalue weighted by molar-refractivity contribution is 7.89. The molecule has 0 aliphatic carbocycles. The van der Waals surface area contributed by atoms with E-state index in [1.54, 1.807) is 4.72 Å². The standard InChI is InChI=1S/C10H10F2N2O2S/c1-7-4-8(5-13)2-3-9(7)17(15,16)14-6-10(11)12/h2-4,10,14H,6H2,1H3. The maximum atomic E-state index is 11.9. The monoisotopic (exact) mass is 260 g/mol. The molecule has 1 N–H and O–H groups in total. The maximum Gasteiger partial charge on any atom is 0.251 e. The number of benzene rings is 1. The van der Waals surface area contributed by atoms with Crippen molar-refractivity contribution in [3.63, 3.8) is 0 Å². The fraction of sp³-hybridized carbons (Fsp3) is 0.300. The minimum absolute atomic E-state index is 0.0999. The van der Waals surface area contributed by atoms with E-state index in [2.05, 4.69) is 0 Å². The molecule has 0 aromatic heterocycles. The van der Waals surface area contributed by atoms with Crippen molar-refractivity contribution < 1.29 is 17.2 Å². The minimum Gasteiger partial charge on any atom is -0.209 e. The topological polar surface area (TPSA) is 70.0 Å². The molecule has 0 atom stereocenters. The van der Waals surface area contributed by atoms with Gasteiger partial charge in [-0.05, 0) is 30.7 Å². The number of nitrogens with zero attached hydrogens (tertiary/aromatic N) is 1. The van der Waals surface area contributed by atoms with Gasteiger partial charge in [-0.3, -0.25) is 0 Å². The van der Waals surface area contributed by atoms with Crippen molar-refractivity contribution in [1.82, 2.24) is 4.72 Å². The number of halogens is 2. The lowest BCUT2D eigenvalue weighted by Crippen LogP contribution is -2.29. The van der Waals surface area contributed by atoms with Crippen LogP contribution in [0.15, 0.2) is 23.1 Å². The second kappa shape index (κ2) is 5.21. The largest absolute Gasteiger partial charge is 0.251 e. The summed E-state index contributed by atoms with van der Waals surface area (Å²) in [5.41, 5.74) is 0.654. The number of hydrogen-bond acceptors (Lipinski definition) is 3. The van der Waals surface area contributed by atoms with Crippen LogP contribution < -0.4 is 4.72 Å². The van der Waals surface area contributed by atoms with Gasteiger partial charge in [0.25, 0.3) is 6.43 Å². The maximum absolute atomic E-state index is 11.9. The molecule has 0 radical (unpaired) electrons. The van der Waals surface area contributed by atoms with Gasteiger partial charge in [-0.25, -0.2) is 21.9 Å². The van der Waals surface area contributed by atoms with Crippen molar-refractivity contribution in [2.75, 3.05) is 6.54 Å². The highest BCUT2D eigenvalue weighted by atomic mass is 32.2. The third-order valence-electron chi connectivity index (χ3n) is 2.02. The molecule has 1 aromatic rings. The molecular formula is C10H10F2N2O2S. The summed E-state index contributed by atoms with van der Waals surface area (Å²) >= 11 is 0. The van der Waals surface area contributed by atoms with E-state index in [1.165, 1.54) is 25.1 Å². The Morgan fingerprint density at radius 2 is 2.12 bits per heavy atom. The van der Waals surface area contributed by atoms with Crippen LogP contribution in [0.4, 0.5) is 8.78 Å². The summed E-state index contributed by atoms with van der Waals surface area (Å²) in [7, 11) is -3.95. The Balaban J connectivity index is 3.04. The molecule has 1 rings (SSSR count). The number of rotatable bonds is 4. The van der Waals surface area contributed by atoms with Crippen LogP contribution in [0, 0.1) is 18.3 Å². The van der Waals surface area contributed by atoms with E-state index in [0.717, 1.165) is 0 Å². The van der Waals surface area contributed by atoms with Crippen molar-refractivity contribution in [3.8, 4) is 6.07 Å². The van der Waals surface area contributed by atoms with Crippen molar-refractivity contribution in [3.05, 3.63) is 29.3 Å². The Bertz CT molecular complexity index is 550. The van der Waals surface area contributed by atoms with E-state index in [1.807, 2.05) is 6.07 Å². The van der Waals surface area contributed by atoms with Crippen LogP contribution in [0.25, 0.3) is 0 Å². The molecule has 17 heavy (non-hydrogen) atoms. The van der Waals surface area contributed by atoms with E-state index in [4.69, 9.17) is 5.26 Å². The van der Waals surface area contributed by atoms with Crippen LogP contribution in [0.2, 0.25) is 0 Å². The molecule has 0 saturated carbocycles. The zero-order valence-corrected chi connectivity index (χ0v) is 9.76. The third kappa shape index (κ3) is 3.47. The molecule has 0 saturated heterocycles. The first kappa shape index (κ1) is 13.5. The summed E-state index contributed by atoms with van der Waals surface area (Å²) in [4.78, 5) is -0.0999. The fourth-order valence-electron chi connectivity index (χ4n) is 1.27. The summed E-state index contributed by atoms with van der Waals surface area (Å²) in [5, 5.41) is 8.62. The van der Waals surface area contributed by atoms with Gasteiger partial charge < -0.3 is 0 Å². The summed E-state index contributed by atoms with van der Waals surface area (Å²) in [6, 6.07) is 5.79. The highest BCUT2D eigenvalue weighted by Gasteiger charge is 2.18. The average molecular weight is 260 g/mol. The molecule has 0 spiro atoms. The Morgan fingerprint density at radius 3 is 2.59 bits per heavy atom. The first-order valence-electron chi connectivity index (χ1n) is 4.65. The van der Waals surface area contributed by atoms with Crippen molar-refractivity contribution in [2.45, 2.75) is 18.2 Å². The van der Waals surface area contributed by atoms with Gasteiger partial charge in [0.15, 0.2) is 0 Å². The third-order valence-corrected chi connectivity index (χ3v) is 3.60. The Morgan fingerprint density at radius 1 is 1.47 bits per heavy atom. The van der Waals surface area contributed by atoms with Crippen LogP contribution in [-0.2, 0) is 10.0 Å². The van der Waals surface area contributed by atoms with Gasteiger partial charge in [0.1, 0.15) is 0 Å². The molecule has 1 aromatic carbocycles. The van der Waals surface area contributed by atoms with Gasteiger partial charge in [-0.2, -0.15) is 5.26 Å². The summed E-state index contributed by atoms with van der Waals surface area (Å²) in [5.74, 6) is 0. The number of aryl methyl sites for hydroxylation is 1. The van der Waals surface area contributed by atoms with Gasteiger partial charge in [-0.1, -0.05) is 0 Å². The predicted molar refractivity (Wildman–Crippen MR) is 57.1 cm³/mol. The van der Waals surface area contributed by atoms with Gasteiger partial charge in [0, 0.05) is 0 Å². The van der Waals surface area contributed by atoms with Crippen molar-refractivity contribution in [2.24, 2.45) is 0 Å². The van der Waals surface area contributed by atoms with E-state index in [0.29, 0.717) is 11.1 Å². The Hall–Kier alpha value is -1.52. The summed E-state index contributed by atoms with van der Waals surface area (Å²) < 4.78 is 48.9. The van der Waals surface area contributed by atoms with Crippen LogP contribution in [0.3, 0.4) is 0 Å². The first-order valence-corrected chi connectivity index (χ1v) is 6.13. The van der Waals surface area contributed by atoms with Crippen LogP contribution in [-0.4, -0.2) is 21.4 Å². The smallest absolute Gasteiger partial charge is 0.209 e. The fourth-order valence-corrected chi connectivity index (χ4v) is 2.50.